The van der Waals surface area contributed by atoms with Crippen LogP contribution in [0.2, 0.25) is 0 Å². The van der Waals surface area contributed by atoms with E-state index in [4.69, 9.17) is 0 Å². The Balaban J connectivity index is 0.00000225. The molecule has 0 radical (unpaired) electrons. The lowest BCUT2D eigenvalue weighted by atomic mass is 10.2. The normalized spacial score (nSPS) is 10.7. The van der Waals surface area contributed by atoms with E-state index in [1.165, 1.54) is 33.4 Å². The molecule has 0 amide bonds. The van der Waals surface area contributed by atoms with Gasteiger partial charge in [0.2, 0.25) is 0 Å². The largest absolute Gasteiger partial charge is 1.00 e. The Labute approximate surface area is 316 Å². The Morgan fingerprint density at radius 3 is 0.820 bits per heavy atom. The van der Waals surface area contributed by atoms with E-state index in [9.17, 15) is 4.57 Å². The smallest absolute Gasteiger partial charge is 0.173 e. The van der Waals surface area contributed by atoms with Crippen LogP contribution in [0.4, 0.5) is 0 Å². The number of halogens is 3. The molecule has 0 fully saturated rings. The second-order valence-electron chi connectivity index (χ2n) is 12.6. The fourth-order valence-corrected chi connectivity index (χ4v) is 8.67. The maximum atomic E-state index is 14.6. The predicted molar refractivity (Wildman–Crippen MR) is 190 cm³/mol. The molecular formula is C42H45Cl3N3OP. The summed E-state index contributed by atoms with van der Waals surface area (Å²) < 4.78 is 21.3. The number of rotatable bonds is 15. The molecule has 0 bridgehead atoms. The summed E-state index contributed by atoms with van der Waals surface area (Å²) in [6, 6.07) is 44.7. The van der Waals surface area contributed by atoms with Gasteiger partial charge in [-0.15, -0.1) is 0 Å². The van der Waals surface area contributed by atoms with Gasteiger partial charge in [0.1, 0.15) is 0 Å². The van der Waals surface area contributed by atoms with Crippen molar-refractivity contribution in [2.75, 3.05) is 18.5 Å². The highest BCUT2D eigenvalue weighted by Gasteiger charge is 2.23. The number of benzene rings is 3. The maximum absolute atomic E-state index is 14.6. The van der Waals surface area contributed by atoms with Crippen molar-refractivity contribution < 1.29 is 55.5 Å². The molecule has 6 rings (SSSR count). The summed E-state index contributed by atoms with van der Waals surface area (Å²) in [5, 5.41) is 0. The van der Waals surface area contributed by atoms with Crippen LogP contribution in [0.5, 0.6) is 0 Å². The molecule has 0 aliphatic rings. The van der Waals surface area contributed by atoms with Crippen molar-refractivity contribution in [1.29, 1.82) is 0 Å². The monoisotopic (exact) mass is 743 g/mol. The van der Waals surface area contributed by atoms with Gasteiger partial charge in [-0.1, -0.05) is 91.0 Å². The first-order chi connectivity index (χ1) is 23.1. The molecule has 0 saturated carbocycles. The van der Waals surface area contributed by atoms with Gasteiger partial charge in [-0.3, -0.25) is 0 Å². The SMILES string of the molecule is O=P(CCc1cc[n+](Cc2ccccc2)cc1)(CCc1cc[n+](Cc2ccccc2)cc1)CCc1cc[n+](Cc2ccccc2)cc1.[Cl-].[Cl-].[Cl-]. The summed E-state index contributed by atoms with van der Waals surface area (Å²) in [5.41, 5.74) is 7.60. The zero-order chi connectivity index (χ0) is 32.2. The maximum Gasteiger partial charge on any atom is 0.173 e. The van der Waals surface area contributed by atoms with Crippen molar-refractivity contribution in [3.8, 4) is 0 Å². The minimum Gasteiger partial charge on any atom is -1.00 e. The third kappa shape index (κ3) is 12.8. The number of hydrogen-bond donors (Lipinski definition) is 0. The molecule has 6 aromatic rings. The van der Waals surface area contributed by atoms with E-state index in [-0.39, 0.29) is 37.2 Å². The molecule has 0 spiro atoms. The van der Waals surface area contributed by atoms with Gasteiger partial charge in [-0.2, -0.15) is 0 Å². The molecule has 260 valence electrons. The molecular weight excluding hydrogens is 700 g/mol. The van der Waals surface area contributed by atoms with Crippen LogP contribution in [0.25, 0.3) is 0 Å². The molecule has 3 aromatic heterocycles. The zero-order valence-corrected chi connectivity index (χ0v) is 31.4. The molecule has 0 aliphatic carbocycles. The number of pyridine rings is 3. The van der Waals surface area contributed by atoms with Crippen LogP contribution in [0.15, 0.2) is 165 Å². The van der Waals surface area contributed by atoms with Gasteiger partial charge in [0.25, 0.3) is 0 Å². The number of aryl methyl sites for hydroxylation is 3. The molecule has 0 N–H and O–H groups in total. The van der Waals surface area contributed by atoms with Crippen LogP contribution in [0, 0.1) is 0 Å². The van der Waals surface area contributed by atoms with Gasteiger partial charge in [0.05, 0.1) is 7.14 Å². The number of hydrogen-bond acceptors (Lipinski definition) is 1. The molecule has 3 heterocycles. The second-order valence-corrected chi connectivity index (χ2v) is 16.0. The molecule has 0 aliphatic heterocycles. The first kappa shape index (κ1) is 40.6. The highest BCUT2D eigenvalue weighted by atomic mass is 35.5. The topological polar surface area (TPSA) is 28.7 Å². The lowest BCUT2D eigenvalue weighted by Gasteiger charge is -2.18. The first-order valence-electron chi connectivity index (χ1n) is 16.7. The third-order valence-corrected chi connectivity index (χ3v) is 12.0. The molecule has 0 saturated heterocycles. The Morgan fingerprint density at radius 2 is 0.580 bits per heavy atom. The van der Waals surface area contributed by atoms with E-state index in [0.29, 0.717) is 0 Å². The number of nitrogens with zero attached hydrogens (tertiary/aromatic N) is 3. The molecule has 3 aromatic carbocycles. The quantitative estimate of drug-likeness (QED) is 0.0894. The van der Waals surface area contributed by atoms with Gasteiger partial charge in [0, 0.05) is 71.6 Å². The van der Waals surface area contributed by atoms with Crippen molar-refractivity contribution in [2.45, 2.75) is 38.9 Å². The van der Waals surface area contributed by atoms with E-state index >= 15 is 0 Å². The van der Waals surface area contributed by atoms with Crippen LogP contribution in [-0.2, 0) is 43.5 Å². The average Bonchev–Trinajstić information content (AvgIpc) is 3.12. The minimum absolute atomic E-state index is 0. The first-order valence-corrected chi connectivity index (χ1v) is 19.0. The molecule has 50 heavy (non-hydrogen) atoms. The Kier molecular flexibility index (Phi) is 16.9. The van der Waals surface area contributed by atoms with Crippen LogP contribution >= 0.6 is 7.14 Å². The van der Waals surface area contributed by atoms with Crippen LogP contribution < -0.4 is 50.9 Å². The molecule has 4 nitrogen and oxygen atoms in total. The summed E-state index contributed by atoms with van der Waals surface area (Å²) in [4.78, 5) is 0. The lowest BCUT2D eigenvalue weighted by molar-refractivity contribution is -0.688. The number of aromatic nitrogens is 3. The fraction of sp³-hybridized carbons (Fsp3) is 0.214. The van der Waals surface area contributed by atoms with Gasteiger partial charge in [-0.05, 0) is 36.0 Å². The highest BCUT2D eigenvalue weighted by molar-refractivity contribution is 7.63. The van der Waals surface area contributed by atoms with Crippen LogP contribution in [0.1, 0.15) is 33.4 Å². The van der Waals surface area contributed by atoms with Gasteiger partial charge < -0.3 is 41.8 Å². The van der Waals surface area contributed by atoms with E-state index < -0.39 is 7.14 Å². The minimum atomic E-state index is -2.44. The van der Waals surface area contributed by atoms with E-state index in [1.807, 2.05) is 0 Å². The van der Waals surface area contributed by atoms with Gasteiger partial charge >= 0.3 is 0 Å². The third-order valence-electron chi connectivity index (χ3n) is 8.93. The summed E-state index contributed by atoms with van der Waals surface area (Å²) in [6.45, 7) is 2.55. The van der Waals surface area contributed by atoms with Gasteiger partial charge in [0.15, 0.2) is 56.8 Å². The summed E-state index contributed by atoms with van der Waals surface area (Å²) in [5.74, 6) is 0. The molecule has 8 heteroatoms. The van der Waals surface area contributed by atoms with Crippen molar-refractivity contribution in [3.05, 3.63) is 198 Å². The van der Waals surface area contributed by atoms with E-state index in [0.717, 1.165) is 57.4 Å². The fourth-order valence-electron chi connectivity index (χ4n) is 6.00. The van der Waals surface area contributed by atoms with E-state index in [2.05, 4.69) is 178 Å². The standard InChI is InChI=1S/C42H45N3OP.3ClH/c46-47(31-22-37-16-25-43(26-17-37)34-40-10-4-1-5-11-40,32-23-38-18-27-44(28-19-38)35-41-12-6-2-7-13-41)33-24-39-20-29-45(30-21-39)36-42-14-8-3-9-15-42;;;/h1-21,25-30H,22-24,31-36H2;3*1H/q+3;;;/p-3. The molecule has 0 unspecified atom stereocenters. The summed E-state index contributed by atoms with van der Waals surface area (Å²) >= 11 is 0. The van der Waals surface area contributed by atoms with E-state index in [1.54, 1.807) is 0 Å². The summed E-state index contributed by atoms with van der Waals surface area (Å²) in [6.07, 6.45) is 17.6. The Morgan fingerprint density at radius 1 is 0.340 bits per heavy atom. The molecule has 0 atom stereocenters. The van der Waals surface area contributed by atoms with Crippen LogP contribution in [-0.4, -0.2) is 18.5 Å². The van der Waals surface area contributed by atoms with Crippen molar-refractivity contribution >= 4 is 7.14 Å². The lowest BCUT2D eigenvalue weighted by Crippen LogP contribution is -3.00. The Bertz CT molecular complexity index is 1640. The van der Waals surface area contributed by atoms with Crippen LogP contribution in [0.3, 0.4) is 0 Å². The van der Waals surface area contributed by atoms with Crippen molar-refractivity contribution in [1.82, 2.24) is 0 Å². The zero-order valence-electron chi connectivity index (χ0n) is 28.3. The average molecular weight is 745 g/mol. The summed E-state index contributed by atoms with van der Waals surface area (Å²) in [7, 11) is -2.44. The highest BCUT2D eigenvalue weighted by Crippen LogP contribution is 2.47. The van der Waals surface area contributed by atoms with Crippen molar-refractivity contribution in [3.63, 3.8) is 0 Å². The second kappa shape index (κ2) is 20.8. The van der Waals surface area contributed by atoms with Crippen molar-refractivity contribution in [2.24, 2.45) is 0 Å². The Hall–Kier alpha value is -3.79. The van der Waals surface area contributed by atoms with Gasteiger partial charge in [-0.25, -0.2) is 13.7 Å². The predicted octanol–water partition coefficient (Wildman–Crippen LogP) is -1.90.